The van der Waals surface area contributed by atoms with Crippen LogP contribution in [0.25, 0.3) is 10.9 Å². The smallest absolute Gasteiger partial charge is 0.220 e. The van der Waals surface area contributed by atoms with E-state index in [-0.39, 0.29) is 30.4 Å². The molecule has 1 aliphatic rings. The number of ether oxygens (including phenoxy) is 3. The van der Waals surface area contributed by atoms with Gasteiger partial charge < -0.3 is 24.8 Å². The number of nitrogens with one attached hydrogen (secondary N) is 2. The third-order valence-electron chi connectivity index (χ3n) is 7.61. The molecule has 47 heavy (non-hydrogen) atoms. The van der Waals surface area contributed by atoms with Gasteiger partial charge in [-0.25, -0.2) is 14.4 Å². The van der Waals surface area contributed by atoms with Gasteiger partial charge in [0.15, 0.2) is 5.60 Å². The summed E-state index contributed by atoms with van der Waals surface area (Å²) in [6, 6.07) is 20.3. The Morgan fingerprint density at radius 2 is 1.94 bits per heavy atom. The summed E-state index contributed by atoms with van der Waals surface area (Å²) in [7, 11) is -0.901. The number of aromatic nitrogens is 3. The van der Waals surface area contributed by atoms with Gasteiger partial charge in [0.25, 0.3) is 0 Å². The Labute approximate surface area is 276 Å². The molecule has 10 nitrogen and oxygen atoms in total. The summed E-state index contributed by atoms with van der Waals surface area (Å²) >= 11 is 6.55. The minimum atomic E-state index is -2.47. The first kappa shape index (κ1) is 31.9. The van der Waals surface area contributed by atoms with Crippen LogP contribution in [0.15, 0.2) is 97.7 Å². The van der Waals surface area contributed by atoms with Crippen molar-refractivity contribution in [2.45, 2.75) is 18.6 Å². The number of nitrogens with zero attached hydrogens (tertiary/aromatic N) is 3. The van der Waals surface area contributed by atoms with Crippen LogP contribution < -0.4 is 20.1 Å². The fraction of sp³-hybridized carbons (Fsp3) is 0.176. The number of hydrogen-bond acceptors (Lipinski definition) is 10. The predicted octanol–water partition coefficient (Wildman–Crippen LogP) is 5.97. The van der Waals surface area contributed by atoms with Crippen LogP contribution in [0.5, 0.6) is 11.5 Å². The van der Waals surface area contributed by atoms with E-state index in [1.54, 1.807) is 68.1 Å². The van der Waals surface area contributed by atoms with Crippen LogP contribution in [0, 0.1) is 5.82 Å². The average molecular weight is 674 g/mol. The van der Waals surface area contributed by atoms with Crippen LogP contribution in [-0.4, -0.2) is 48.4 Å². The molecule has 0 radical (unpaired) electrons. The maximum Gasteiger partial charge on any atom is 0.220 e. The molecular weight excluding hydrogens is 645 g/mol. The van der Waals surface area contributed by atoms with E-state index in [0.29, 0.717) is 56.6 Å². The standard InChI is InChI=1S/C34H29ClFN5O5S/c1-44-31-17-29-25(16-26(31)34(11-5-13-46-34)20-37-18-32(47(42)43)28-8-2-3-12-38-28)33(40-21-39-29)41-24-9-10-30(27(35)15-24)45-19-22-6-4-7-23(36)14-22/h2-10,12-17,21,37H,11,18-20H2,1H3,(H,39,40,41). The molecule has 1 unspecified atom stereocenters. The van der Waals surface area contributed by atoms with E-state index in [4.69, 9.17) is 25.8 Å². The highest BCUT2D eigenvalue weighted by molar-refractivity contribution is 7.73. The number of benzene rings is 3. The molecule has 0 saturated heterocycles. The lowest BCUT2D eigenvalue weighted by atomic mass is 9.89. The van der Waals surface area contributed by atoms with Crippen molar-refractivity contribution in [2.75, 3.05) is 25.5 Å². The Morgan fingerprint density at radius 3 is 2.66 bits per heavy atom. The number of anilines is 2. The van der Waals surface area contributed by atoms with E-state index in [0.717, 1.165) is 5.56 Å². The second-order valence-corrected chi connectivity index (χ2v) is 12.0. The summed E-state index contributed by atoms with van der Waals surface area (Å²) in [5.74, 6) is 1.19. The predicted molar refractivity (Wildman–Crippen MR) is 178 cm³/mol. The molecule has 0 bridgehead atoms. The molecule has 6 rings (SSSR count). The Kier molecular flexibility index (Phi) is 9.62. The minimum Gasteiger partial charge on any atom is -0.496 e. The number of halogens is 2. The number of hydrogen-bond donors (Lipinski definition) is 2. The molecule has 0 spiro atoms. The number of methoxy groups -OCH3 is 1. The zero-order valence-electron chi connectivity index (χ0n) is 25.1. The average Bonchev–Trinajstić information content (AvgIpc) is 3.56. The molecule has 1 aliphatic heterocycles. The molecule has 3 aromatic carbocycles. The van der Waals surface area contributed by atoms with Gasteiger partial charge in [0.1, 0.15) is 40.9 Å². The molecule has 1 atom stereocenters. The summed E-state index contributed by atoms with van der Waals surface area (Å²) in [5.41, 5.74) is 2.16. The minimum absolute atomic E-state index is 0.0484. The fourth-order valence-corrected chi connectivity index (χ4v) is 6.06. The topological polar surface area (TPSA) is 125 Å². The summed E-state index contributed by atoms with van der Waals surface area (Å²) < 4.78 is 55.4. The maximum atomic E-state index is 13.5. The van der Waals surface area contributed by atoms with Crippen LogP contribution in [-0.2, 0) is 27.2 Å². The van der Waals surface area contributed by atoms with Gasteiger partial charge in [0.05, 0.1) is 29.6 Å². The van der Waals surface area contributed by atoms with Crippen LogP contribution in [0.2, 0.25) is 5.02 Å². The van der Waals surface area contributed by atoms with Gasteiger partial charge in [0.2, 0.25) is 10.3 Å². The largest absolute Gasteiger partial charge is 0.496 e. The third kappa shape index (κ3) is 7.19. The molecule has 5 aromatic rings. The van der Waals surface area contributed by atoms with Gasteiger partial charge in [-0.05, 0) is 60.2 Å². The van der Waals surface area contributed by atoms with Gasteiger partial charge in [-0.2, -0.15) is 8.42 Å². The van der Waals surface area contributed by atoms with Crippen molar-refractivity contribution in [3.05, 3.63) is 125 Å². The second-order valence-electron chi connectivity index (χ2n) is 10.6. The highest BCUT2D eigenvalue weighted by atomic mass is 35.5. The van der Waals surface area contributed by atoms with E-state index in [9.17, 15) is 12.8 Å². The summed E-state index contributed by atoms with van der Waals surface area (Å²) in [6.07, 6.45) is 7.03. The first-order chi connectivity index (χ1) is 22.8. The monoisotopic (exact) mass is 673 g/mol. The highest BCUT2D eigenvalue weighted by Crippen LogP contribution is 2.42. The van der Waals surface area contributed by atoms with Crippen LogP contribution >= 0.6 is 11.6 Å². The molecule has 0 aliphatic carbocycles. The van der Waals surface area contributed by atoms with E-state index in [2.05, 4.69) is 25.6 Å². The van der Waals surface area contributed by atoms with Gasteiger partial charge in [-0.3, -0.25) is 4.98 Å². The number of rotatable bonds is 12. The Morgan fingerprint density at radius 1 is 1.04 bits per heavy atom. The Hall–Kier alpha value is -5.04. The van der Waals surface area contributed by atoms with Crippen molar-refractivity contribution >= 4 is 49.2 Å². The Balaban J connectivity index is 1.26. The SMILES string of the molecule is COc1cc2ncnc(Nc3ccc(OCc4cccc(F)c4)c(Cl)c3)c2cc1C1(CNCC(c2ccccn2)=S(=O)=O)CC=CO1. The lowest BCUT2D eigenvalue weighted by molar-refractivity contribution is 0.0403. The maximum absolute atomic E-state index is 13.5. The third-order valence-corrected chi connectivity index (χ3v) is 8.66. The van der Waals surface area contributed by atoms with Gasteiger partial charge in [0, 0.05) is 48.4 Å². The normalized spacial score (nSPS) is 15.3. The van der Waals surface area contributed by atoms with Crippen molar-refractivity contribution in [1.82, 2.24) is 20.3 Å². The zero-order valence-corrected chi connectivity index (χ0v) is 26.7. The first-order valence-corrected chi connectivity index (χ1v) is 16.0. The van der Waals surface area contributed by atoms with Crippen LogP contribution in [0.1, 0.15) is 23.2 Å². The van der Waals surface area contributed by atoms with Crippen LogP contribution in [0.4, 0.5) is 15.9 Å². The molecule has 0 fully saturated rings. The number of pyridine rings is 1. The van der Waals surface area contributed by atoms with Crippen molar-refractivity contribution in [3.8, 4) is 11.5 Å². The van der Waals surface area contributed by atoms with Crippen molar-refractivity contribution < 1.29 is 27.0 Å². The lowest BCUT2D eigenvalue weighted by Gasteiger charge is -2.31. The van der Waals surface area contributed by atoms with E-state index in [1.165, 1.54) is 18.5 Å². The van der Waals surface area contributed by atoms with Gasteiger partial charge >= 0.3 is 0 Å². The lowest BCUT2D eigenvalue weighted by Crippen LogP contribution is -2.40. The first-order valence-electron chi connectivity index (χ1n) is 14.5. The molecular formula is C34H29ClFN5O5S. The molecule has 13 heteroatoms. The van der Waals surface area contributed by atoms with E-state index in [1.807, 2.05) is 18.2 Å². The van der Waals surface area contributed by atoms with Crippen molar-refractivity contribution in [2.24, 2.45) is 0 Å². The molecule has 0 amide bonds. The number of fused-ring (bicyclic) bond motifs is 1. The highest BCUT2D eigenvalue weighted by Gasteiger charge is 2.38. The van der Waals surface area contributed by atoms with Crippen LogP contribution in [0.3, 0.4) is 0 Å². The molecule has 240 valence electrons. The van der Waals surface area contributed by atoms with Gasteiger partial charge in [-0.15, -0.1) is 0 Å². The van der Waals surface area contributed by atoms with Gasteiger partial charge in [-0.1, -0.05) is 29.8 Å². The van der Waals surface area contributed by atoms with E-state index < -0.39 is 15.9 Å². The summed E-state index contributed by atoms with van der Waals surface area (Å²) in [5, 5.41) is 7.63. The van der Waals surface area contributed by atoms with E-state index >= 15 is 0 Å². The summed E-state index contributed by atoms with van der Waals surface area (Å²) in [6.45, 7) is 0.474. The quantitative estimate of drug-likeness (QED) is 0.121. The molecule has 2 aromatic heterocycles. The fourth-order valence-electron chi connectivity index (χ4n) is 5.32. The zero-order chi connectivity index (χ0) is 32.8. The molecule has 2 N–H and O–H groups in total. The molecule has 3 heterocycles. The molecule has 0 saturated carbocycles. The Bertz CT molecular complexity index is 2080. The van der Waals surface area contributed by atoms with Crippen molar-refractivity contribution in [3.63, 3.8) is 0 Å². The second kappa shape index (κ2) is 14.2. The summed E-state index contributed by atoms with van der Waals surface area (Å²) in [4.78, 5) is 13.3. The van der Waals surface area contributed by atoms with Crippen molar-refractivity contribution in [1.29, 1.82) is 0 Å².